The molecule has 2 aliphatic heterocycles. The Bertz CT molecular complexity index is 1380. The van der Waals surface area contributed by atoms with Gasteiger partial charge in [0.15, 0.2) is 0 Å². The van der Waals surface area contributed by atoms with Gasteiger partial charge in [-0.05, 0) is 0 Å². The summed E-state index contributed by atoms with van der Waals surface area (Å²) in [6.07, 6.45) is 9.16. The van der Waals surface area contributed by atoms with Crippen molar-refractivity contribution in [3.8, 4) is 0 Å². The van der Waals surface area contributed by atoms with Crippen LogP contribution in [-0.4, -0.2) is 32.3 Å². The van der Waals surface area contributed by atoms with Gasteiger partial charge in [0.05, 0.1) is 0 Å². The molecule has 0 saturated carbocycles. The van der Waals surface area contributed by atoms with Crippen LogP contribution in [0.4, 0.5) is 5.69 Å². The summed E-state index contributed by atoms with van der Waals surface area (Å²) in [4.78, 5) is 0. The minimum Gasteiger partial charge on any atom is -0.222 e. The Morgan fingerprint density at radius 1 is 0.833 bits per heavy atom. The second kappa shape index (κ2) is 10.7. The Kier molecular flexibility index (Phi) is 7.79. The summed E-state index contributed by atoms with van der Waals surface area (Å²) in [7, 11) is -2.77. The quantitative estimate of drug-likeness (QED) is 0.349. The molecule has 0 N–H and O–H groups in total. The maximum atomic E-state index is 8.49. The van der Waals surface area contributed by atoms with Crippen molar-refractivity contribution in [2.24, 2.45) is 0 Å². The first-order chi connectivity index (χ1) is 17.1. The summed E-state index contributed by atoms with van der Waals surface area (Å²) in [5.74, 6) is 0. The number of para-hydroxylation sites is 1. The molecule has 0 bridgehead atoms. The molecule has 0 atom stereocenters. The van der Waals surface area contributed by atoms with Crippen molar-refractivity contribution >= 4 is 40.9 Å². The molecule has 3 aromatic carbocycles. The van der Waals surface area contributed by atoms with Gasteiger partial charge in [-0.15, -0.1) is 10.2 Å². The molecule has 184 valence electrons. The summed E-state index contributed by atoms with van der Waals surface area (Å²) in [6, 6.07) is 28.3. The van der Waals surface area contributed by atoms with E-state index in [-0.39, 0.29) is 5.41 Å². The van der Waals surface area contributed by atoms with Gasteiger partial charge in [0.25, 0.3) is 0 Å². The Morgan fingerprint density at radius 2 is 1.44 bits per heavy atom. The van der Waals surface area contributed by atoms with E-state index in [0.29, 0.717) is 15.0 Å². The molecule has 0 fully saturated rings. The Morgan fingerprint density at radius 3 is 2.14 bits per heavy atom. The monoisotopic (exact) mass is 567 g/mol. The summed E-state index contributed by atoms with van der Waals surface area (Å²) < 4.78 is 39.2. The molecule has 5 rings (SSSR count). The first-order valence-electron chi connectivity index (χ1n) is 11.3. The van der Waals surface area contributed by atoms with Crippen molar-refractivity contribution in [2.45, 2.75) is 19.3 Å². The van der Waals surface area contributed by atoms with Gasteiger partial charge < -0.3 is 0 Å². The number of hydrogen-bond donors (Lipinski definition) is 0. The topological polar surface area (TPSA) is 95.2 Å². The van der Waals surface area contributed by atoms with Gasteiger partial charge in [0.1, 0.15) is 0 Å². The van der Waals surface area contributed by atoms with Gasteiger partial charge in [-0.1, -0.05) is 0 Å². The number of rotatable bonds is 3. The first kappa shape index (κ1) is 26.3. The van der Waals surface area contributed by atoms with Crippen molar-refractivity contribution in [1.29, 1.82) is 0 Å². The normalized spacial score (nSPS) is 17.4. The van der Waals surface area contributed by atoms with E-state index in [1.54, 1.807) is 0 Å². The van der Waals surface area contributed by atoms with E-state index in [2.05, 4.69) is 129 Å². The zero-order valence-electron chi connectivity index (χ0n) is 20.2. The molecule has 5 nitrogen and oxygen atoms in total. The predicted molar refractivity (Wildman–Crippen MR) is 134 cm³/mol. The standard InChI is InChI=1S/C29H26NSe.ClHO4/c1-29(2)24-16-8-9-17-25(24)30(3)28(29)19-11-14-22-20-27(21-12-5-4-6-13-21)31-26-18-10-7-15-23(22)26;2-1(3,4)5/h4-20H,1-3H3;(H,2,3,4,5)/q+1;/p-1/b19-11+,22-14+;. The largest absolute Gasteiger partial charge is 0.222 e. The number of halogens is 1. The number of fused-ring (bicyclic) bond motifs is 2. The Hall–Kier alpha value is -2.80. The molecule has 0 unspecified atom stereocenters. The van der Waals surface area contributed by atoms with E-state index in [1.165, 1.54) is 42.6 Å². The smallest absolute Gasteiger partial charge is 0.112 e. The molecule has 0 amide bonds. The zero-order chi connectivity index (χ0) is 25.9. The van der Waals surface area contributed by atoms with Crippen LogP contribution in [0.2, 0.25) is 0 Å². The maximum absolute atomic E-state index is 8.49. The molecular formula is C29H26ClNO4Se. The van der Waals surface area contributed by atoms with Gasteiger partial charge in [0.2, 0.25) is 0 Å². The Balaban J connectivity index is 0.000000556. The fourth-order valence-electron chi connectivity index (χ4n) is 4.59. The summed E-state index contributed by atoms with van der Waals surface area (Å²) in [5, 5.41) is 0. The van der Waals surface area contributed by atoms with E-state index in [4.69, 9.17) is 18.6 Å². The second-order valence-electron chi connectivity index (χ2n) is 8.92. The fourth-order valence-corrected chi connectivity index (χ4v) is 6.94. The van der Waals surface area contributed by atoms with E-state index in [1.807, 2.05) is 0 Å². The van der Waals surface area contributed by atoms with Crippen LogP contribution in [0.5, 0.6) is 0 Å². The fraction of sp³-hybridized carbons (Fsp3) is 0.138. The van der Waals surface area contributed by atoms with Gasteiger partial charge in [-0.25, -0.2) is 18.6 Å². The minimum atomic E-state index is -4.94. The van der Waals surface area contributed by atoms with Crippen LogP contribution in [0.3, 0.4) is 0 Å². The number of hydrogen-bond acceptors (Lipinski definition) is 4. The molecule has 3 aromatic rings. The van der Waals surface area contributed by atoms with Crippen molar-refractivity contribution in [3.05, 3.63) is 120 Å². The third-order valence-electron chi connectivity index (χ3n) is 6.23. The van der Waals surface area contributed by atoms with Crippen LogP contribution in [-0.2, 0) is 5.41 Å². The molecule has 7 heteroatoms. The molecular weight excluding hydrogens is 541 g/mol. The summed E-state index contributed by atoms with van der Waals surface area (Å²) >= 11 is 0.322. The zero-order valence-corrected chi connectivity index (χ0v) is 22.7. The minimum absolute atomic E-state index is 0.00102. The number of nitrogens with zero attached hydrogens (tertiary/aromatic N) is 1. The average Bonchev–Trinajstić information content (AvgIpc) is 3.04. The van der Waals surface area contributed by atoms with E-state index < -0.39 is 10.2 Å². The number of benzene rings is 3. The average molecular weight is 567 g/mol. The van der Waals surface area contributed by atoms with Crippen molar-refractivity contribution < 1.29 is 33.5 Å². The second-order valence-corrected chi connectivity index (χ2v) is 11.9. The van der Waals surface area contributed by atoms with Crippen LogP contribution in [0.1, 0.15) is 30.5 Å². The van der Waals surface area contributed by atoms with Gasteiger partial charge in [-0.2, -0.15) is 0 Å². The van der Waals surface area contributed by atoms with Gasteiger partial charge >= 0.3 is 192 Å². The maximum Gasteiger partial charge on any atom is -0.112 e. The van der Waals surface area contributed by atoms with E-state index in [9.17, 15) is 0 Å². The molecule has 36 heavy (non-hydrogen) atoms. The van der Waals surface area contributed by atoms with Crippen LogP contribution >= 0.6 is 0 Å². The molecule has 0 spiro atoms. The van der Waals surface area contributed by atoms with Crippen molar-refractivity contribution in [1.82, 2.24) is 0 Å². The summed E-state index contributed by atoms with van der Waals surface area (Å²) in [5.41, 5.74) is 7.99. The van der Waals surface area contributed by atoms with Crippen LogP contribution in [0.25, 0.3) is 10.0 Å². The van der Waals surface area contributed by atoms with Crippen LogP contribution in [0, 0.1) is 10.2 Å². The third-order valence-corrected chi connectivity index (χ3v) is 8.64. The van der Waals surface area contributed by atoms with E-state index in [0.717, 1.165) is 0 Å². The molecule has 0 radical (unpaired) electrons. The molecule has 0 aromatic heterocycles. The molecule has 0 saturated heterocycles. The van der Waals surface area contributed by atoms with Crippen molar-refractivity contribution in [3.63, 3.8) is 0 Å². The molecule has 2 heterocycles. The molecule has 2 aliphatic rings. The van der Waals surface area contributed by atoms with Gasteiger partial charge in [0, 0.05) is 0 Å². The van der Waals surface area contributed by atoms with E-state index >= 15 is 0 Å². The number of allylic oxidation sites excluding steroid dienone is 5. The SMILES string of the molecule is C[N+]1=C(/C=C/C=C2\C=C(c3ccccc3)[Se]c3ccccc32)C(C)(C)c2ccccc21.[O-][Cl+3]([O-])([O-])[O-]. The Labute approximate surface area is 220 Å². The van der Waals surface area contributed by atoms with Crippen molar-refractivity contribution in [2.75, 3.05) is 7.05 Å². The third kappa shape index (κ3) is 5.94. The van der Waals surface area contributed by atoms with Gasteiger partial charge in [-0.3, -0.25) is 0 Å². The summed E-state index contributed by atoms with van der Waals surface area (Å²) in [6.45, 7) is 4.63. The predicted octanol–water partition coefficient (Wildman–Crippen LogP) is 0.961. The molecule has 0 aliphatic carbocycles. The van der Waals surface area contributed by atoms with Crippen LogP contribution in [0.15, 0.2) is 103 Å². The first-order valence-corrected chi connectivity index (χ1v) is 14.3. The van der Waals surface area contributed by atoms with Crippen LogP contribution < -0.4 is 23.1 Å².